The summed E-state index contributed by atoms with van der Waals surface area (Å²) in [6, 6.07) is 8.38. The highest BCUT2D eigenvalue weighted by atomic mass is 79.9. The molecule has 0 saturated carbocycles. The molecule has 0 bridgehead atoms. The molecule has 2 aromatic rings. The quantitative estimate of drug-likeness (QED) is 0.458. The summed E-state index contributed by atoms with van der Waals surface area (Å²) in [5.41, 5.74) is 2.54. The van der Waals surface area contributed by atoms with Crippen molar-refractivity contribution in [2.75, 3.05) is 13.2 Å². The van der Waals surface area contributed by atoms with Crippen molar-refractivity contribution in [2.45, 2.75) is 6.92 Å². The molecule has 0 radical (unpaired) electrons. The lowest BCUT2D eigenvalue weighted by Crippen LogP contribution is -2.19. The van der Waals surface area contributed by atoms with Crippen LogP contribution in [0.4, 0.5) is 4.39 Å². The van der Waals surface area contributed by atoms with Gasteiger partial charge in [0.1, 0.15) is 5.82 Å². The molecule has 1 amide bonds. The van der Waals surface area contributed by atoms with E-state index in [0.717, 1.165) is 6.07 Å². The Morgan fingerprint density at radius 3 is 2.72 bits per heavy atom. The van der Waals surface area contributed by atoms with Gasteiger partial charge in [0.15, 0.2) is 18.1 Å². The van der Waals surface area contributed by atoms with Crippen molar-refractivity contribution >= 4 is 34.0 Å². The molecular formula is C19H15BrFN3O5. The molecule has 0 fully saturated rings. The Morgan fingerprint density at radius 1 is 1.34 bits per heavy atom. The topological polar surface area (TPSA) is 121 Å². The van der Waals surface area contributed by atoms with Gasteiger partial charge in [0.25, 0.3) is 5.91 Å². The molecule has 2 rings (SSSR count). The number of carbonyl (C=O) groups excluding carboxylic acids is 1. The van der Waals surface area contributed by atoms with E-state index >= 15 is 0 Å². The molecule has 0 atom stereocenters. The zero-order valence-corrected chi connectivity index (χ0v) is 16.7. The first-order valence-corrected chi connectivity index (χ1v) is 8.99. The molecule has 0 aliphatic heterocycles. The molecule has 0 aliphatic carbocycles. The summed E-state index contributed by atoms with van der Waals surface area (Å²) in [6.45, 7) is 1.52. The maximum absolute atomic E-state index is 13.9. The number of hydrogen-bond acceptors (Lipinski definition) is 6. The summed E-state index contributed by atoms with van der Waals surface area (Å²) in [7, 11) is 0. The van der Waals surface area contributed by atoms with E-state index in [1.807, 2.05) is 0 Å². The number of ether oxygens (including phenoxy) is 2. The minimum Gasteiger partial charge on any atom is -0.490 e. The predicted octanol–water partition coefficient (Wildman–Crippen LogP) is 3.09. The number of hydrazone groups is 1. The van der Waals surface area contributed by atoms with Crippen molar-refractivity contribution in [3.63, 3.8) is 0 Å². The van der Waals surface area contributed by atoms with Gasteiger partial charge >= 0.3 is 5.97 Å². The average Bonchev–Trinajstić information content (AvgIpc) is 2.67. The van der Waals surface area contributed by atoms with Crippen LogP contribution in [0.1, 0.15) is 28.4 Å². The molecule has 0 unspecified atom stereocenters. The highest BCUT2D eigenvalue weighted by molar-refractivity contribution is 9.10. The van der Waals surface area contributed by atoms with Gasteiger partial charge in [-0.15, -0.1) is 0 Å². The Kier molecular flexibility index (Phi) is 7.68. The zero-order chi connectivity index (χ0) is 21.4. The van der Waals surface area contributed by atoms with E-state index in [9.17, 15) is 14.0 Å². The van der Waals surface area contributed by atoms with Gasteiger partial charge in [0.05, 0.1) is 34.5 Å². The average molecular weight is 464 g/mol. The number of rotatable bonds is 8. The summed E-state index contributed by atoms with van der Waals surface area (Å²) in [6.07, 6.45) is 1.30. The van der Waals surface area contributed by atoms with E-state index in [1.165, 1.54) is 18.3 Å². The Hall–Kier alpha value is -3.45. The second-order valence-electron chi connectivity index (χ2n) is 5.45. The number of nitrogens with one attached hydrogen (secondary N) is 1. The molecule has 0 spiro atoms. The molecule has 2 N–H and O–H groups in total. The molecular weight excluding hydrogens is 449 g/mol. The molecule has 0 aromatic heterocycles. The lowest BCUT2D eigenvalue weighted by atomic mass is 10.1. The van der Waals surface area contributed by atoms with Crippen LogP contribution in [0.3, 0.4) is 0 Å². The van der Waals surface area contributed by atoms with E-state index in [2.05, 4.69) is 26.5 Å². The van der Waals surface area contributed by atoms with Crippen LogP contribution in [-0.2, 0) is 4.79 Å². The van der Waals surface area contributed by atoms with Gasteiger partial charge in [-0.3, -0.25) is 4.79 Å². The molecule has 150 valence electrons. The van der Waals surface area contributed by atoms with Gasteiger partial charge in [-0.25, -0.2) is 14.6 Å². The summed E-state index contributed by atoms with van der Waals surface area (Å²) < 4.78 is 25.0. The molecule has 0 saturated heterocycles. The van der Waals surface area contributed by atoms with Crippen LogP contribution < -0.4 is 14.9 Å². The number of amides is 1. The highest BCUT2D eigenvalue weighted by Gasteiger charge is 2.14. The van der Waals surface area contributed by atoms with Crippen molar-refractivity contribution < 1.29 is 28.6 Å². The Bertz CT molecular complexity index is 1000. The number of aliphatic carboxylic acids is 1. The van der Waals surface area contributed by atoms with Crippen molar-refractivity contribution in [2.24, 2.45) is 5.10 Å². The maximum atomic E-state index is 13.9. The molecule has 29 heavy (non-hydrogen) atoms. The highest BCUT2D eigenvalue weighted by Crippen LogP contribution is 2.36. The van der Waals surface area contributed by atoms with Crippen LogP contribution >= 0.6 is 15.9 Å². The summed E-state index contributed by atoms with van der Waals surface area (Å²) in [5, 5.41) is 21.3. The van der Waals surface area contributed by atoms with E-state index in [-0.39, 0.29) is 22.6 Å². The number of hydrogen-bond donors (Lipinski definition) is 2. The van der Waals surface area contributed by atoms with Crippen LogP contribution in [0, 0.1) is 17.1 Å². The van der Waals surface area contributed by atoms with Gasteiger partial charge in [0, 0.05) is 0 Å². The summed E-state index contributed by atoms with van der Waals surface area (Å²) in [4.78, 5) is 22.8. The fraction of sp³-hybridized carbons (Fsp3) is 0.158. The van der Waals surface area contributed by atoms with Crippen molar-refractivity contribution in [3.8, 4) is 17.6 Å². The second-order valence-corrected chi connectivity index (χ2v) is 6.31. The van der Waals surface area contributed by atoms with E-state index in [0.29, 0.717) is 16.6 Å². The monoisotopic (exact) mass is 463 g/mol. The summed E-state index contributed by atoms with van der Waals surface area (Å²) in [5.74, 6) is -2.25. The van der Waals surface area contributed by atoms with Crippen LogP contribution in [0.5, 0.6) is 11.5 Å². The van der Waals surface area contributed by atoms with E-state index < -0.39 is 24.3 Å². The van der Waals surface area contributed by atoms with E-state index in [1.54, 1.807) is 25.1 Å². The minimum absolute atomic E-state index is 0.0982. The third-order valence-corrected chi connectivity index (χ3v) is 3.98. The van der Waals surface area contributed by atoms with E-state index in [4.69, 9.17) is 19.8 Å². The third-order valence-electron chi connectivity index (χ3n) is 3.39. The standard InChI is InChI=1S/C19H15BrFN3O5/c1-2-28-16-7-12(5-14(20)18(16)29-10-17(25)26)9-23-24-19(27)13-4-3-11(8-22)6-15(13)21/h3-7,9H,2,10H2,1H3,(H,24,27)(H,25,26)/b23-9-. The lowest BCUT2D eigenvalue weighted by molar-refractivity contribution is -0.139. The second kappa shape index (κ2) is 10.2. The van der Waals surface area contributed by atoms with Crippen molar-refractivity contribution in [1.82, 2.24) is 5.43 Å². The first-order chi connectivity index (χ1) is 13.8. The number of carbonyl (C=O) groups is 2. The number of nitrogens with zero attached hydrogens (tertiary/aromatic N) is 2. The van der Waals surface area contributed by atoms with Gasteiger partial charge in [-0.05, 0) is 58.7 Å². The first kappa shape index (κ1) is 21.8. The Labute approximate surface area is 173 Å². The van der Waals surface area contributed by atoms with Crippen LogP contribution in [0.2, 0.25) is 0 Å². The summed E-state index contributed by atoms with van der Waals surface area (Å²) >= 11 is 3.28. The van der Waals surface area contributed by atoms with Crippen molar-refractivity contribution in [3.05, 3.63) is 57.3 Å². The van der Waals surface area contributed by atoms with Gasteiger partial charge < -0.3 is 14.6 Å². The minimum atomic E-state index is -1.14. The normalized spacial score (nSPS) is 10.4. The largest absolute Gasteiger partial charge is 0.490 e. The fourth-order valence-electron chi connectivity index (χ4n) is 2.19. The molecule has 0 aliphatic rings. The van der Waals surface area contributed by atoms with Crippen LogP contribution in [0.15, 0.2) is 39.9 Å². The molecule has 2 aromatic carbocycles. The number of carboxylic acids is 1. The Morgan fingerprint density at radius 2 is 2.10 bits per heavy atom. The number of nitriles is 1. The zero-order valence-electron chi connectivity index (χ0n) is 15.1. The number of benzene rings is 2. The smallest absolute Gasteiger partial charge is 0.341 e. The molecule has 10 heteroatoms. The third kappa shape index (κ3) is 6.02. The SMILES string of the molecule is CCOc1cc(/C=N\NC(=O)c2ccc(C#N)cc2F)cc(Br)c1OCC(=O)O. The Balaban J connectivity index is 2.16. The fourth-order valence-corrected chi connectivity index (χ4v) is 2.77. The van der Waals surface area contributed by atoms with Gasteiger partial charge in [-0.2, -0.15) is 10.4 Å². The molecule has 0 heterocycles. The number of halogens is 2. The lowest BCUT2D eigenvalue weighted by Gasteiger charge is -2.13. The van der Waals surface area contributed by atoms with Crippen LogP contribution in [0.25, 0.3) is 0 Å². The predicted molar refractivity (Wildman–Crippen MR) is 105 cm³/mol. The molecule has 8 nitrogen and oxygen atoms in total. The van der Waals surface area contributed by atoms with Crippen molar-refractivity contribution in [1.29, 1.82) is 5.26 Å². The first-order valence-electron chi connectivity index (χ1n) is 8.19. The van der Waals surface area contributed by atoms with Crippen LogP contribution in [-0.4, -0.2) is 36.4 Å². The van der Waals surface area contributed by atoms with Gasteiger partial charge in [0.2, 0.25) is 0 Å². The van der Waals surface area contributed by atoms with Gasteiger partial charge in [-0.1, -0.05) is 0 Å². The maximum Gasteiger partial charge on any atom is 0.341 e. The number of carboxylic acid groups (broad SMARTS) is 1.